The summed E-state index contributed by atoms with van der Waals surface area (Å²) in [7, 11) is 0. The molecule has 0 N–H and O–H groups in total. The Balaban J connectivity index is 2.85. The molecule has 0 aliphatic heterocycles. The Hall–Kier alpha value is -0.630. The van der Waals surface area contributed by atoms with Crippen molar-refractivity contribution >= 4 is 21.7 Å². The zero-order valence-corrected chi connectivity index (χ0v) is 12.6. The lowest BCUT2D eigenvalue weighted by atomic mass is 9.92. The summed E-state index contributed by atoms with van der Waals surface area (Å²) in [5, 5.41) is 0. The number of rotatable bonds is 5. The predicted molar refractivity (Wildman–Crippen MR) is 76.8 cm³/mol. The Labute approximate surface area is 113 Å². The lowest BCUT2D eigenvalue weighted by Crippen LogP contribution is -2.22. The number of hydrogen-bond acceptors (Lipinski definition) is 1. The molecule has 1 atom stereocenters. The van der Waals surface area contributed by atoms with E-state index in [9.17, 15) is 4.79 Å². The Morgan fingerprint density at radius 2 is 1.76 bits per heavy atom. The molecule has 0 bridgehead atoms. The Morgan fingerprint density at radius 1 is 1.18 bits per heavy atom. The van der Waals surface area contributed by atoms with Gasteiger partial charge >= 0.3 is 0 Å². The summed E-state index contributed by atoms with van der Waals surface area (Å²) in [6.45, 7) is 8.27. The van der Waals surface area contributed by atoms with Crippen molar-refractivity contribution < 1.29 is 4.79 Å². The van der Waals surface area contributed by atoms with Gasteiger partial charge in [0.05, 0.1) is 4.83 Å². The molecule has 0 saturated carbocycles. The van der Waals surface area contributed by atoms with Crippen LogP contribution in [-0.4, -0.2) is 10.6 Å². The van der Waals surface area contributed by atoms with Gasteiger partial charge in [-0.25, -0.2) is 0 Å². The fraction of sp³-hybridized carbons (Fsp3) is 0.533. The van der Waals surface area contributed by atoms with Gasteiger partial charge in [0.1, 0.15) is 5.78 Å². The number of halogens is 1. The number of Topliss-reactive ketones (excluding diaryl/α,β-unsaturated/α-hetero) is 1. The normalized spacial score (nSPS) is 13.1. The van der Waals surface area contributed by atoms with Crippen molar-refractivity contribution in [1.29, 1.82) is 0 Å². The van der Waals surface area contributed by atoms with Gasteiger partial charge < -0.3 is 0 Å². The SMILES string of the molecule is CC(C)C(=O)C(Br)Cc1ccccc1C(C)C. The molecule has 0 radical (unpaired) electrons. The van der Waals surface area contributed by atoms with E-state index >= 15 is 0 Å². The summed E-state index contributed by atoms with van der Waals surface area (Å²) in [6.07, 6.45) is 0.783. The molecule has 0 aliphatic rings. The van der Waals surface area contributed by atoms with Gasteiger partial charge in [0.15, 0.2) is 0 Å². The van der Waals surface area contributed by atoms with Crippen molar-refractivity contribution in [3.8, 4) is 0 Å². The molecule has 1 nitrogen and oxygen atoms in total. The van der Waals surface area contributed by atoms with E-state index in [2.05, 4.69) is 48.0 Å². The maximum Gasteiger partial charge on any atom is 0.149 e. The van der Waals surface area contributed by atoms with Crippen LogP contribution in [0.3, 0.4) is 0 Å². The molecule has 1 aromatic carbocycles. The minimum atomic E-state index is -0.0672. The fourth-order valence-corrected chi connectivity index (χ4v) is 2.82. The molecule has 1 aromatic rings. The van der Waals surface area contributed by atoms with E-state index in [-0.39, 0.29) is 16.5 Å². The third-order valence-electron chi connectivity index (χ3n) is 2.95. The van der Waals surface area contributed by atoms with Crippen molar-refractivity contribution in [3.05, 3.63) is 35.4 Å². The Bertz CT molecular complexity index is 382. The largest absolute Gasteiger partial charge is 0.298 e. The summed E-state index contributed by atoms with van der Waals surface area (Å²) in [4.78, 5) is 11.8. The minimum absolute atomic E-state index is 0.0672. The van der Waals surface area contributed by atoms with Gasteiger partial charge in [-0.15, -0.1) is 0 Å². The minimum Gasteiger partial charge on any atom is -0.298 e. The summed E-state index contributed by atoms with van der Waals surface area (Å²) in [6, 6.07) is 8.38. The molecule has 1 rings (SSSR count). The highest BCUT2D eigenvalue weighted by molar-refractivity contribution is 9.10. The first kappa shape index (κ1) is 14.4. The van der Waals surface area contributed by atoms with Gasteiger partial charge in [-0.3, -0.25) is 4.79 Å². The second kappa shape index (κ2) is 6.34. The summed E-state index contributed by atoms with van der Waals surface area (Å²) >= 11 is 3.51. The summed E-state index contributed by atoms with van der Waals surface area (Å²) in [5.41, 5.74) is 2.62. The number of hydrogen-bond donors (Lipinski definition) is 0. The quantitative estimate of drug-likeness (QED) is 0.739. The van der Waals surface area contributed by atoms with Gasteiger partial charge in [0.25, 0.3) is 0 Å². The standard InChI is InChI=1S/C15H21BrO/c1-10(2)13-8-6-5-7-12(13)9-14(16)15(17)11(3)4/h5-8,10-11,14H,9H2,1-4H3. The first-order chi connectivity index (χ1) is 7.93. The van der Waals surface area contributed by atoms with Gasteiger partial charge in [-0.1, -0.05) is 67.9 Å². The van der Waals surface area contributed by atoms with Gasteiger partial charge in [0.2, 0.25) is 0 Å². The van der Waals surface area contributed by atoms with Crippen LogP contribution in [0.1, 0.15) is 44.7 Å². The van der Waals surface area contributed by atoms with Crippen molar-refractivity contribution in [2.75, 3.05) is 0 Å². The average molecular weight is 297 g/mol. The smallest absolute Gasteiger partial charge is 0.149 e. The van der Waals surface area contributed by atoms with Crippen molar-refractivity contribution in [3.63, 3.8) is 0 Å². The molecule has 2 heteroatoms. The molecule has 17 heavy (non-hydrogen) atoms. The third-order valence-corrected chi connectivity index (χ3v) is 3.73. The van der Waals surface area contributed by atoms with E-state index in [0.717, 1.165) is 6.42 Å². The van der Waals surface area contributed by atoms with Crippen LogP contribution in [0.4, 0.5) is 0 Å². The lowest BCUT2D eigenvalue weighted by Gasteiger charge is -2.16. The van der Waals surface area contributed by atoms with Crippen LogP contribution < -0.4 is 0 Å². The number of carbonyl (C=O) groups excluding carboxylic acids is 1. The zero-order valence-electron chi connectivity index (χ0n) is 11.0. The van der Waals surface area contributed by atoms with Crippen LogP contribution in [0.15, 0.2) is 24.3 Å². The second-order valence-corrected chi connectivity index (χ2v) is 6.19. The van der Waals surface area contributed by atoms with E-state index in [0.29, 0.717) is 5.92 Å². The van der Waals surface area contributed by atoms with E-state index in [4.69, 9.17) is 0 Å². The monoisotopic (exact) mass is 296 g/mol. The summed E-state index contributed by atoms with van der Waals surface area (Å²) < 4.78 is 0. The zero-order chi connectivity index (χ0) is 13.0. The molecular formula is C15H21BrO. The van der Waals surface area contributed by atoms with Crippen molar-refractivity contribution in [1.82, 2.24) is 0 Å². The Kier molecular flexibility index (Phi) is 5.38. The third kappa shape index (κ3) is 3.95. The van der Waals surface area contributed by atoms with Gasteiger partial charge in [-0.05, 0) is 23.5 Å². The molecule has 0 amide bonds. The van der Waals surface area contributed by atoms with E-state index in [1.165, 1.54) is 11.1 Å². The molecule has 0 aromatic heterocycles. The molecule has 0 spiro atoms. The van der Waals surface area contributed by atoms with Crippen molar-refractivity contribution in [2.45, 2.75) is 44.9 Å². The predicted octanol–water partition coefficient (Wildman–Crippen LogP) is 4.34. The van der Waals surface area contributed by atoms with Crippen LogP contribution in [0.5, 0.6) is 0 Å². The molecule has 0 aliphatic carbocycles. The van der Waals surface area contributed by atoms with Crippen molar-refractivity contribution in [2.24, 2.45) is 5.92 Å². The topological polar surface area (TPSA) is 17.1 Å². The van der Waals surface area contributed by atoms with E-state index < -0.39 is 0 Å². The average Bonchev–Trinajstić information content (AvgIpc) is 2.28. The maximum absolute atomic E-state index is 11.9. The Morgan fingerprint density at radius 3 is 2.29 bits per heavy atom. The fourth-order valence-electron chi connectivity index (χ4n) is 1.94. The van der Waals surface area contributed by atoms with Crippen LogP contribution in [-0.2, 0) is 11.2 Å². The molecule has 0 heterocycles. The lowest BCUT2D eigenvalue weighted by molar-refractivity contribution is -0.121. The first-order valence-electron chi connectivity index (χ1n) is 6.19. The summed E-state index contributed by atoms with van der Waals surface area (Å²) in [5.74, 6) is 0.870. The molecule has 0 saturated heterocycles. The highest BCUT2D eigenvalue weighted by atomic mass is 79.9. The van der Waals surface area contributed by atoms with Gasteiger partial charge in [-0.2, -0.15) is 0 Å². The van der Waals surface area contributed by atoms with Crippen LogP contribution in [0.25, 0.3) is 0 Å². The highest BCUT2D eigenvalue weighted by Crippen LogP contribution is 2.23. The van der Waals surface area contributed by atoms with Crippen LogP contribution >= 0.6 is 15.9 Å². The van der Waals surface area contributed by atoms with E-state index in [1.54, 1.807) is 0 Å². The number of carbonyl (C=O) groups is 1. The molecule has 0 fully saturated rings. The number of alkyl halides is 1. The number of ketones is 1. The molecule has 94 valence electrons. The van der Waals surface area contributed by atoms with Gasteiger partial charge in [0, 0.05) is 5.92 Å². The number of benzene rings is 1. The van der Waals surface area contributed by atoms with Crippen LogP contribution in [0.2, 0.25) is 0 Å². The second-order valence-electron chi connectivity index (χ2n) is 5.08. The van der Waals surface area contributed by atoms with E-state index in [1.807, 2.05) is 19.9 Å². The maximum atomic E-state index is 11.9. The molecule has 1 unspecified atom stereocenters. The molecular weight excluding hydrogens is 276 g/mol. The highest BCUT2D eigenvalue weighted by Gasteiger charge is 2.19. The first-order valence-corrected chi connectivity index (χ1v) is 7.10. The van der Waals surface area contributed by atoms with Crippen LogP contribution in [0, 0.1) is 5.92 Å².